The molecule has 2 fully saturated rings. The van der Waals surface area contributed by atoms with Crippen molar-refractivity contribution in [2.24, 2.45) is 17.8 Å². The molecule has 10 heteroatoms. The average molecular weight is 608 g/mol. The number of esters is 1. The topological polar surface area (TPSA) is 125 Å². The largest absolute Gasteiger partial charge is 0.455 e. The van der Waals surface area contributed by atoms with Gasteiger partial charge in [-0.15, -0.1) is 0 Å². The second kappa shape index (κ2) is 13.6. The minimum absolute atomic E-state index is 0.0838. The Hall–Kier alpha value is -3.50. The van der Waals surface area contributed by atoms with Gasteiger partial charge in [-0.25, -0.2) is 0 Å². The predicted molar refractivity (Wildman–Crippen MR) is 163 cm³/mol. The van der Waals surface area contributed by atoms with Gasteiger partial charge in [0.2, 0.25) is 17.7 Å². The third kappa shape index (κ3) is 5.81. The summed E-state index contributed by atoms with van der Waals surface area (Å²) >= 11 is 0. The van der Waals surface area contributed by atoms with E-state index < -0.39 is 47.7 Å². The molecule has 4 aliphatic heterocycles. The fourth-order valence-electron chi connectivity index (χ4n) is 7.11. The minimum Gasteiger partial charge on any atom is -0.455 e. The van der Waals surface area contributed by atoms with Crippen LogP contribution in [-0.2, 0) is 28.7 Å². The zero-order valence-corrected chi connectivity index (χ0v) is 25.9. The number of carbonyl (C=O) groups excluding carboxylic acids is 4. The van der Waals surface area contributed by atoms with Crippen LogP contribution in [-0.4, -0.2) is 88.6 Å². The van der Waals surface area contributed by atoms with Crippen LogP contribution in [0.5, 0.6) is 0 Å². The third-order valence-electron chi connectivity index (χ3n) is 9.69. The first-order chi connectivity index (χ1) is 21.3. The van der Waals surface area contributed by atoms with Crippen molar-refractivity contribution in [3.05, 3.63) is 60.2 Å². The number of amides is 3. The Kier molecular flexibility index (Phi) is 9.90. The van der Waals surface area contributed by atoms with Gasteiger partial charge in [0.25, 0.3) is 0 Å². The van der Waals surface area contributed by atoms with Crippen LogP contribution in [0.1, 0.15) is 64.5 Å². The van der Waals surface area contributed by atoms with Gasteiger partial charge in [0, 0.05) is 19.5 Å². The Morgan fingerprint density at radius 1 is 1.09 bits per heavy atom. The molecule has 0 saturated carbocycles. The van der Waals surface area contributed by atoms with Gasteiger partial charge in [-0.3, -0.25) is 19.2 Å². The molecule has 1 aromatic rings. The van der Waals surface area contributed by atoms with Gasteiger partial charge >= 0.3 is 5.97 Å². The molecule has 2 saturated heterocycles. The predicted octanol–water partition coefficient (Wildman–Crippen LogP) is 2.92. The highest BCUT2D eigenvalue weighted by Gasteiger charge is 2.72. The molecular formula is C34H45N3O7. The SMILES string of the molecule is CCCCN1CC=C[C@]23O[C@@H]4/C=C\CCC(=O)NC[C@@H](c5ccccc5)OC(=O)[C@@H]4[C@H]2C(=O)N([C@@H](CO)[C@@H](C)CC)[C@@H]3C1=O. The van der Waals surface area contributed by atoms with Crippen LogP contribution in [0.25, 0.3) is 0 Å². The van der Waals surface area contributed by atoms with Crippen LogP contribution in [0.2, 0.25) is 0 Å². The van der Waals surface area contributed by atoms with Crippen LogP contribution >= 0.6 is 0 Å². The third-order valence-corrected chi connectivity index (χ3v) is 9.69. The molecule has 4 aliphatic rings. The molecule has 4 heterocycles. The van der Waals surface area contributed by atoms with Crippen LogP contribution in [0.15, 0.2) is 54.6 Å². The zero-order valence-electron chi connectivity index (χ0n) is 25.9. The fraction of sp³-hybridized carbons (Fsp3) is 0.588. The van der Waals surface area contributed by atoms with Crippen molar-refractivity contribution in [1.29, 1.82) is 0 Å². The summed E-state index contributed by atoms with van der Waals surface area (Å²) in [5.41, 5.74) is -0.713. The molecule has 0 aliphatic carbocycles. The van der Waals surface area contributed by atoms with Gasteiger partial charge < -0.3 is 29.7 Å². The van der Waals surface area contributed by atoms with Gasteiger partial charge in [0.05, 0.1) is 31.2 Å². The van der Waals surface area contributed by atoms with E-state index in [4.69, 9.17) is 9.47 Å². The number of hydrogen-bond acceptors (Lipinski definition) is 7. The van der Waals surface area contributed by atoms with E-state index in [1.165, 1.54) is 4.90 Å². The maximum absolute atomic E-state index is 14.7. The number of ether oxygens (including phenoxy) is 2. The van der Waals surface area contributed by atoms with Crippen LogP contribution < -0.4 is 5.32 Å². The van der Waals surface area contributed by atoms with Crippen molar-refractivity contribution in [3.8, 4) is 0 Å². The molecular weight excluding hydrogens is 562 g/mol. The molecule has 44 heavy (non-hydrogen) atoms. The Morgan fingerprint density at radius 3 is 2.57 bits per heavy atom. The molecule has 0 unspecified atom stereocenters. The van der Waals surface area contributed by atoms with Crippen molar-refractivity contribution in [2.45, 2.75) is 82.8 Å². The average Bonchev–Trinajstić information content (AvgIpc) is 3.42. The van der Waals surface area contributed by atoms with Crippen LogP contribution in [0.4, 0.5) is 0 Å². The molecule has 0 radical (unpaired) electrons. The van der Waals surface area contributed by atoms with E-state index in [1.807, 2.05) is 50.3 Å². The number of fused-ring (bicyclic) bond motifs is 2. The number of unbranched alkanes of at least 4 members (excludes halogenated alkanes) is 1. The monoisotopic (exact) mass is 607 g/mol. The Labute approximate surface area is 259 Å². The number of nitrogens with one attached hydrogen (secondary N) is 1. The van der Waals surface area contributed by atoms with E-state index in [0.29, 0.717) is 31.5 Å². The summed E-state index contributed by atoms with van der Waals surface area (Å²) in [6.07, 6.45) is 8.62. The maximum Gasteiger partial charge on any atom is 0.313 e. The molecule has 1 spiro atoms. The Bertz CT molecular complexity index is 1280. The Morgan fingerprint density at radius 2 is 1.86 bits per heavy atom. The first kappa shape index (κ1) is 31.9. The van der Waals surface area contributed by atoms with E-state index >= 15 is 0 Å². The maximum atomic E-state index is 14.7. The number of benzene rings is 1. The second-order valence-corrected chi connectivity index (χ2v) is 12.4. The lowest BCUT2D eigenvalue weighted by atomic mass is 9.77. The van der Waals surface area contributed by atoms with Gasteiger partial charge in [0.15, 0.2) is 0 Å². The first-order valence-electron chi connectivity index (χ1n) is 16.0. The highest BCUT2D eigenvalue weighted by Crippen LogP contribution is 2.54. The van der Waals surface area contributed by atoms with Crippen molar-refractivity contribution in [1.82, 2.24) is 15.1 Å². The number of aliphatic hydroxyl groups excluding tert-OH is 1. The number of nitrogens with zero attached hydrogens (tertiary/aromatic N) is 2. The van der Waals surface area contributed by atoms with Crippen LogP contribution in [0.3, 0.4) is 0 Å². The smallest absolute Gasteiger partial charge is 0.313 e. The van der Waals surface area contributed by atoms with Gasteiger partial charge in [-0.2, -0.15) is 0 Å². The van der Waals surface area contributed by atoms with Crippen molar-refractivity contribution in [2.75, 3.05) is 26.2 Å². The number of hydrogen-bond donors (Lipinski definition) is 2. The van der Waals surface area contributed by atoms with Crippen molar-refractivity contribution in [3.63, 3.8) is 0 Å². The fourth-order valence-corrected chi connectivity index (χ4v) is 7.11. The number of allylic oxidation sites excluding steroid dienone is 1. The summed E-state index contributed by atoms with van der Waals surface area (Å²) in [7, 11) is 0. The lowest BCUT2D eigenvalue weighted by Crippen LogP contribution is -2.59. The van der Waals surface area contributed by atoms with Crippen LogP contribution in [0, 0.1) is 17.8 Å². The highest BCUT2D eigenvalue weighted by atomic mass is 16.6. The number of rotatable bonds is 8. The van der Waals surface area contributed by atoms with E-state index in [9.17, 15) is 24.3 Å². The van der Waals surface area contributed by atoms with Crippen molar-refractivity contribution < 1.29 is 33.8 Å². The molecule has 8 atom stereocenters. The number of cyclic esters (lactones) is 1. The summed E-state index contributed by atoms with van der Waals surface area (Å²) in [6.45, 7) is 6.65. The van der Waals surface area contributed by atoms with E-state index in [1.54, 1.807) is 23.1 Å². The van der Waals surface area contributed by atoms with Gasteiger partial charge in [0.1, 0.15) is 23.7 Å². The lowest BCUT2D eigenvalue weighted by Gasteiger charge is -2.40. The summed E-state index contributed by atoms with van der Waals surface area (Å²) in [5, 5.41) is 13.4. The first-order valence-corrected chi connectivity index (χ1v) is 16.0. The molecule has 0 aromatic heterocycles. The molecule has 0 bridgehead atoms. The summed E-state index contributed by atoms with van der Waals surface area (Å²) in [4.78, 5) is 59.1. The Balaban J connectivity index is 1.61. The van der Waals surface area contributed by atoms with E-state index in [2.05, 4.69) is 12.2 Å². The lowest BCUT2D eigenvalue weighted by molar-refractivity contribution is -0.161. The zero-order chi connectivity index (χ0) is 31.4. The molecule has 1 aromatic carbocycles. The number of likely N-dealkylation sites (tertiary alicyclic amines) is 1. The molecule has 3 amide bonds. The van der Waals surface area contributed by atoms with Gasteiger partial charge in [-0.1, -0.05) is 88.2 Å². The summed E-state index contributed by atoms with van der Waals surface area (Å²) < 4.78 is 12.9. The summed E-state index contributed by atoms with van der Waals surface area (Å²) in [5.74, 6) is -3.60. The van der Waals surface area contributed by atoms with Gasteiger partial charge in [-0.05, 0) is 24.3 Å². The quantitative estimate of drug-likeness (QED) is 0.344. The second-order valence-electron chi connectivity index (χ2n) is 12.4. The summed E-state index contributed by atoms with van der Waals surface area (Å²) in [6, 6.07) is 7.50. The van der Waals surface area contributed by atoms with Crippen molar-refractivity contribution >= 4 is 23.7 Å². The molecule has 238 valence electrons. The van der Waals surface area contributed by atoms with E-state index in [-0.39, 0.29) is 43.2 Å². The number of aliphatic hydroxyl groups is 1. The standard InChI is InChI=1S/C34H45N3O7/c1-4-6-18-36-19-12-17-34-29(31(40)37(30(34)32(36)41)24(21-38)22(3)5-2)28-25(44-34)15-10-11-16-27(39)35-20-26(43-33(28)42)23-13-8-7-9-14-23/h7-10,12-15,17,22,24-26,28-30,38H,4-6,11,16,18-21H2,1-3H3,(H,35,39)/b15-10-/t22-,24-,25+,26-,28-,29-,30+,34-/m0/s1. The highest BCUT2D eigenvalue weighted by molar-refractivity contribution is 5.99. The minimum atomic E-state index is -1.43. The normalized spacial score (nSPS) is 32.8. The molecule has 5 rings (SSSR count). The molecule has 2 N–H and O–H groups in total. The van der Waals surface area contributed by atoms with E-state index in [0.717, 1.165) is 12.8 Å². The molecule has 10 nitrogen and oxygen atoms in total. The number of carbonyl (C=O) groups is 4.